The first kappa shape index (κ1) is 67.8. The number of nitrogens with one attached hydrogen (secondary N) is 1. The molecule has 0 aromatic heterocycles. The Balaban J connectivity index is 3.43. The second-order valence-electron chi connectivity index (χ2n) is 21.0. The van der Waals surface area contributed by atoms with Gasteiger partial charge in [0, 0.05) is 12.8 Å². The lowest BCUT2D eigenvalue weighted by Crippen LogP contribution is -2.45. The molecule has 0 aromatic carbocycles. The molecule has 0 heterocycles. The van der Waals surface area contributed by atoms with E-state index in [9.17, 15) is 19.8 Å². The van der Waals surface area contributed by atoms with Crippen LogP contribution in [0.1, 0.15) is 322 Å². The predicted molar refractivity (Wildman–Crippen MR) is 306 cm³/mol. The van der Waals surface area contributed by atoms with Crippen molar-refractivity contribution < 1.29 is 24.5 Å². The van der Waals surface area contributed by atoms with Crippen molar-refractivity contribution in [3.63, 3.8) is 0 Å². The first-order chi connectivity index (χ1) is 34.5. The molecule has 0 saturated heterocycles. The molecule has 0 aromatic rings. The second kappa shape index (κ2) is 59.4. The van der Waals surface area contributed by atoms with Gasteiger partial charge in [0.05, 0.1) is 25.4 Å². The van der Waals surface area contributed by atoms with E-state index in [1.165, 1.54) is 238 Å². The summed E-state index contributed by atoms with van der Waals surface area (Å²) in [6.45, 7) is 4.87. The van der Waals surface area contributed by atoms with Gasteiger partial charge in [-0.2, -0.15) is 0 Å². The molecular weight excluding hydrogens is 863 g/mol. The number of hydrogen-bond acceptors (Lipinski definition) is 5. The molecule has 0 aliphatic heterocycles. The van der Waals surface area contributed by atoms with Crippen molar-refractivity contribution in [2.75, 3.05) is 13.2 Å². The number of aliphatic hydroxyl groups is 2. The van der Waals surface area contributed by atoms with E-state index in [0.29, 0.717) is 19.4 Å². The molecule has 410 valence electrons. The molecule has 0 aliphatic rings. The zero-order chi connectivity index (χ0) is 50.7. The van der Waals surface area contributed by atoms with Gasteiger partial charge in [-0.3, -0.25) is 9.59 Å². The molecule has 3 N–H and O–H groups in total. The SMILES string of the molecule is CCCCC/C=C\C/C=C\CCCCCCCCCC(=O)OCCCCCCCCCCCCC/C=C\CCCCCCCCCC(=O)NC(CO)C(O)/C=C/CCCCCCCCCCCCCC. The summed E-state index contributed by atoms with van der Waals surface area (Å²) >= 11 is 0. The predicted octanol–water partition coefficient (Wildman–Crippen LogP) is 19.4. The smallest absolute Gasteiger partial charge is 0.305 e. The summed E-state index contributed by atoms with van der Waals surface area (Å²) in [5.74, 6) is -0.0737. The number of hydrogen-bond donors (Lipinski definition) is 3. The van der Waals surface area contributed by atoms with E-state index < -0.39 is 12.1 Å². The van der Waals surface area contributed by atoms with Crippen LogP contribution in [-0.4, -0.2) is 47.4 Å². The zero-order valence-electron chi connectivity index (χ0n) is 46.7. The van der Waals surface area contributed by atoms with Crippen molar-refractivity contribution in [2.45, 2.75) is 334 Å². The molecule has 0 aliphatic carbocycles. The number of allylic oxidation sites excluding steroid dienone is 7. The first-order valence-electron chi connectivity index (χ1n) is 30.9. The van der Waals surface area contributed by atoms with Gasteiger partial charge in [0.15, 0.2) is 0 Å². The molecular formula is C64H119NO5. The number of rotatable bonds is 57. The molecule has 6 heteroatoms. The average molecular weight is 983 g/mol. The topological polar surface area (TPSA) is 95.9 Å². The molecule has 0 saturated carbocycles. The zero-order valence-corrected chi connectivity index (χ0v) is 46.7. The van der Waals surface area contributed by atoms with E-state index in [-0.39, 0.29) is 18.5 Å². The molecule has 6 nitrogen and oxygen atoms in total. The summed E-state index contributed by atoms with van der Waals surface area (Å²) in [7, 11) is 0. The van der Waals surface area contributed by atoms with Gasteiger partial charge in [0.1, 0.15) is 0 Å². The maximum atomic E-state index is 12.5. The maximum Gasteiger partial charge on any atom is 0.305 e. The number of unbranched alkanes of at least 4 members (excludes halogenated alkanes) is 40. The highest BCUT2D eigenvalue weighted by atomic mass is 16.5. The van der Waals surface area contributed by atoms with Gasteiger partial charge < -0.3 is 20.3 Å². The number of esters is 1. The average Bonchev–Trinajstić information content (AvgIpc) is 3.36. The molecule has 1 amide bonds. The van der Waals surface area contributed by atoms with Crippen LogP contribution in [0.25, 0.3) is 0 Å². The summed E-state index contributed by atoms with van der Waals surface area (Å²) in [6, 6.07) is -0.633. The third kappa shape index (κ3) is 55.1. The molecule has 70 heavy (non-hydrogen) atoms. The summed E-state index contributed by atoms with van der Waals surface area (Å²) in [5, 5.41) is 23.1. The van der Waals surface area contributed by atoms with Gasteiger partial charge in [-0.05, 0) is 89.9 Å². The van der Waals surface area contributed by atoms with Gasteiger partial charge in [0.25, 0.3) is 0 Å². The van der Waals surface area contributed by atoms with E-state index in [4.69, 9.17) is 4.74 Å². The van der Waals surface area contributed by atoms with Crippen molar-refractivity contribution in [3.05, 3.63) is 48.6 Å². The molecule has 2 atom stereocenters. The number of ether oxygens (including phenoxy) is 1. The van der Waals surface area contributed by atoms with Crippen LogP contribution in [0.3, 0.4) is 0 Å². The fourth-order valence-corrected chi connectivity index (χ4v) is 9.31. The number of carbonyl (C=O) groups excluding carboxylic acids is 2. The first-order valence-corrected chi connectivity index (χ1v) is 30.9. The Kier molecular flexibility index (Phi) is 57.5. The van der Waals surface area contributed by atoms with Crippen LogP contribution in [0.15, 0.2) is 48.6 Å². The minimum absolute atomic E-state index is 0.00129. The third-order valence-electron chi connectivity index (χ3n) is 14.1. The summed E-state index contributed by atoms with van der Waals surface area (Å²) in [6.07, 6.45) is 75.7. The van der Waals surface area contributed by atoms with Crippen LogP contribution in [0, 0.1) is 0 Å². The lowest BCUT2D eigenvalue weighted by molar-refractivity contribution is -0.143. The molecule has 0 fully saturated rings. The number of amides is 1. The Morgan fingerprint density at radius 3 is 1.13 bits per heavy atom. The van der Waals surface area contributed by atoms with E-state index in [2.05, 4.69) is 55.6 Å². The lowest BCUT2D eigenvalue weighted by atomic mass is 10.0. The lowest BCUT2D eigenvalue weighted by Gasteiger charge is -2.20. The summed E-state index contributed by atoms with van der Waals surface area (Å²) in [4.78, 5) is 24.5. The van der Waals surface area contributed by atoms with E-state index in [0.717, 1.165) is 57.8 Å². The van der Waals surface area contributed by atoms with Crippen LogP contribution < -0.4 is 5.32 Å². The number of carbonyl (C=O) groups is 2. The van der Waals surface area contributed by atoms with Crippen LogP contribution in [0.5, 0.6) is 0 Å². The molecule has 0 radical (unpaired) electrons. The van der Waals surface area contributed by atoms with Crippen molar-refractivity contribution in [3.8, 4) is 0 Å². The van der Waals surface area contributed by atoms with E-state index >= 15 is 0 Å². The van der Waals surface area contributed by atoms with Crippen molar-refractivity contribution >= 4 is 11.9 Å². The second-order valence-corrected chi connectivity index (χ2v) is 21.0. The van der Waals surface area contributed by atoms with Crippen LogP contribution >= 0.6 is 0 Å². The van der Waals surface area contributed by atoms with E-state index in [1.54, 1.807) is 6.08 Å². The molecule has 0 rings (SSSR count). The largest absolute Gasteiger partial charge is 0.466 e. The highest BCUT2D eigenvalue weighted by molar-refractivity contribution is 5.76. The van der Waals surface area contributed by atoms with Crippen LogP contribution in [-0.2, 0) is 14.3 Å². The fraction of sp³-hybridized carbons (Fsp3) is 0.844. The van der Waals surface area contributed by atoms with Crippen molar-refractivity contribution in [1.82, 2.24) is 5.32 Å². The van der Waals surface area contributed by atoms with Crippen molar-refractivity contribution in [2.24, 2.45) is 0 Å². The van der Waals surface area contributed by atoms with Gasteiger partial charge in [-0.25, -0.2) is 0 Å². The Labute approximate surface area is 436 Å². The normalized spacial score (nSPS) is 12.9. The number of aliphatic hydroxyl groups excluding tert-OH is 2. The van der Waals surface area contributed by atoms with Gasteiger partial charge in [-0.1, -0.05) is 268 Å². The Hall–Kier alpha value is -2.18. The monoisotopic (exact) mass is 982 g/mol. The summed E-state index contributed by atoms with van der Waals surface area (Å²) in [5.41, 5.74) is 0. The molecule has 0 bridgehead atoms. The Bertz CT molecular complexity index is 1180. The van der Waals surface area contributed by atoms with E-state index in [1.807, 2.05) is 6.08 Å². The van der Waals surface area contributed by atoms with Crippen molar-refractivity contribution in [1.29, 1.82) is 0 Å². The third-order valence-corrected chi connectivity index (χ3v) is 14.1. The van der Waals surface area contributed by atoms with Crippen LogP contribution in [0.2, 0.25) is 0 Å². The van der Waals surface area contributed by atoms with Gasteiger partial charge >= 0.3 is 5.97 Å². The Morgan fingerprint density at radius 2 is 0.714 bits per heavy atom. The highest BCUT2D eigenvalue weighted by Crippen LogP contribution is 2.16. The maximum absolute atomic E-state index is 12.5. The highest BCUT2D eigenvalue weighted by Gasteiger charge is 2.18. The Morgan fingerprint density at radius 1 is 0.400 bits per heavy atom. The molecule has 0 spiro atoms. The van der Waals surface area contributed by atoms with Gasteiger partial charge in [0.2, 0.25) is 5.91 Å². The van der Waals surface area contributed by atoms with Gasteiger partial charge in [-0.15, -0.1) is 0 Å². The quantitative estimate of drug-likeness (QED) is 0.0321. The minimum Gasteiger partial charge on any atom is -0.466 e. The summed E-state index contributed by atoms with van der Waals surface area (Å²) < 4.78 is 5.49. The van der Waals surface area contributed by atoms with Crippen LogP contribution in [0.4, 0.5) is 0 Å². The fourth-order valence-electron chi connectivity index (χ4n) is 9.31. The minimum atomic E-state index is -0.849. The standard InChI is InChI=1S/C64H119NO5/c1-3-5-7-9-11-13-15-17-19-26-30-34-38-42-46-50-54-58-64(69)70-59-55-51-47-43-39-35-31-28-25-23-21-20-22-24-27-29-33-37-41-45-49-53-57-63(68)65-61(60-66)62(67)56-52-48-44-40-36-32-18-16-14-12-10-8-6-4-2/h11,13,17,19,22,24,52,56,61-62,66-67H,3-10,12,14-16,18,20-21,23,25-51,53-55,57-60H2,1-2H3,(H,65,68)/b13-11-,19-17-,24-22-,56-52+. The molecule has 2 unspecified atom stereocenters.